The third kappa shape index (κ3) is 3.51. The van der Waals surface area contributed by atoms with Gasteiger partial charge in [0.15, 0.2) is 0 Å². The van der Waals surface area contributed by atoms with Crippen molar-refractivity contribution in [1.82, 2.24) is 20.4 Å². The fraction of sp³-hybridized carbons (Fsp3) is 0.467. The maximum atomic E-state index is 12.5. The average molecular weight is 341 g/mol. The average Bonchev–Trinajstić information content (AvgIpc) is 3.16. The Morgan fingerprint density at radius 2 is 2.36 bits per heavy atom. The number of rotatable bonds is 4. The smallest absolute Gasteiger partial charge is 0.225 e. The van der Waals surface area contributed by atoms with Crippen LogP contribution in [-0.2, 0) is 18.4 Å². The quantitative estimate of drug-likeness (QED) is 0.892. The van der Waals surface area contributed by atoms with Crippen molar-refractivity contribution in [2.45, 2.75) is 19.4 Å². The van der Waals surface area contributed by atoms with Gasteiger partial charge in [-0.25, -0.2) is 0 Å². The van der Waals surface area contributed by atoms with Gasteiger partial charge in [0, 0.05) is 37.1 Å². The van der Waals surface area contributed by atoms with Crippen LogP contribution in [0, 0.1) is 12.8 Å². The van der Waals surface area contributed by atoms with Gasteiger partial charge in [-0.05, 0) is 29.5 Å². The first-order valence-corrected chi connectivity index (χ1v) is 8.03. The maximum Gasteiger partial charge on any atom is 0.225 e. The first kappa shape index (κ1) is 17.0. The van der Waals surface area contributed by atoms with Crippen LogP contribution in [0.4, 0.5) is 0 Å². The van der Waals surface area contributed by atoms with Crippen LogP contribution in [0.1, 0.15) is 21.9 Å². The van der Waals surface area contributed by atoms with Gasteiger partial charge in [0.2, 0.25) is 5.91 Å². The molecule has 1 saturated heterocycles. The molecule has 3 rings (SSSR count). The van der Waals surface area contributed by atoms with E-state index in [2.05, 4.69) is 34.1 Å². The Hall–Kier alpha value is -1.37. The molecule has 2 atom stereocenters. The molecule has 0 unspecified atom stereocenters. The van der Waals surface area contributed by atoms with Gasteiger partial charge in [-0.1, -0.05) is 0 Å². The molecule has 0 aliphatic carbocycles. The molecule has 3 heterocycles. The van der Waals surface area contributed by atoms with Crippen LogP contribution in [0.2, 0.25) is 0 Å². The number of carbonyl (C=O) groups excluding carboxylic acids is 1. The Kier molecular flexibility index (Phi) is 5.61. The third-order valence-electron chi connectivity index (χ3n) is 4.10. The minimum atomic E-state index is -0.0190. The molecule has 120 valence electrons. The van der Waals surface area contributed by atoms with Crippen molar-refractivity contribution in [3.8, 4) is 0 Å². The zero-order valence-corrected chi connectivity index (χ0v) is 14.3. The number of nitrogens with zero attached hydrogens (tertiary/aromatic N) is 2. The SMILES string of the molecule is Cc1ccsc1CNC(=O)[C@H]1CNC[C@@H]1c1cnn(C)c1.Cl. The van der Waals surface area contributed by atoms with E-state index in [1.165, 1.54) is 10.4 Å². The summed E-state index contributed by atoms with van der Waals surface area (Å²) in [6.07, 6.45) is 3.86. The van der Waals surface area contributed by atoms with Crippen LogP contribution < -0.4 is 10.6 Å². The molecule has 1 amide bonds. The molecule has 2 N–H and O–H groups in total. The van der Waals surface area contributed by atoms with Crippen molar-refractivity contribution in [3.05, 3.63) is 39.8 Å². The highest BCUT2D eigenvalue weighted by Gasteiger charge is 2.34. The van der Waals surface area contributed by atoms with Gasteiger partial charge in [0.1, 0.15) is 0 Å². The molecule has 0 radical (unpaired) electrons. The fourth-order valence-corrected chi connectivity index (χ4v) is 3.67. The summed E-state index contributed by atoms with van der Waals surface area (Å²) in [7, 11) is 1.90. The number of hydrogen-bond donors (Lipinski definition) is 2. The van der Waals surface area contributed by atoms with E-state index in [0.29, 0.717) is 6.54 Å². The summed E-state index contributed by atoms with van der Waals surface area (Å²) in [5.74, 6) is 0.319. The summed E-state index contributed by atoms with van der Waals surface area (Å²) < 4.78 is 1.79. The predicted molar refractivity (Wildman–Crippen MR) is 90.5 cm³/mol. The molecule has 2 aromatic heterocycles. The minimum Gasteiger partial charge on any atom is -0.351 e. The molecule has 1 fully saturated rings. The first-order chi connectivity index (χ1) is 10.1. The van der Waals surface area contributed by atoms with Gasteiger partial charge < -0.3 is 10.6 Å². The van der Waals surface area contributed by atoms with Gasteiger partial charge in [0.25, 0.3) is 0 Å². The molecule has 0 aromatic carbocycles. The van der Waals surface area contributed by atoms with E-state index in [1.807, 2.05) is 19.4 Å². The fourth-order valence-electron chi connectivity index (χ4n) is 2.82. The number of aryl methyl sites for hydroxylation is 2. The lowest BCUT2D eigenvalue weighted by Gasteiger charge is -2.17. The lowest BCUT2D eigenvalue weighted by Crippen LogP contribution is -2.33. The Morgan fingerprint density at radius 1 is 1.55 bits per heavy atom. The lowest BCUT2D eigenvalue weighted by molar-refractivity contribution is -0.124. The van der Waals surface area contributed by atoms with E-state index in [4.69, 9.17) is 0 Å². The van der Waals surface area contributed by atoms with Crippen LogP contribution in [0.3, 0.4) is 0 Å². The normalized spacial score (nSPS) is 20.6. The van der Waals surface area contributed by atoms with Crippen molar-refractivity contribution in [2.75, 3.05) is 13.1 Å². The number of carbonyl (C=O) groups is 1. The Morgan fingerprint density at radius 3 is 3.00 bits per heavy atom. The molecule has 2 aromatic rings. The molecule has 0 spiro atoms. The minimum absolute atomic E-state index is 0. The van der Waals surface area contributed by atoms with Crippen molar-refractivity contribution in [2.24, 2.45) is 13.0 Å². The molecule has 7 heteroatoms. The van der Waals surface area contributed by atoms with Gasteiger partial charge in [-0.3, -0.25) is 9.48 Å². The second-order valence-corrected chi connectivity index (χ2v) is 6.56. The zero-order valence-electron chi connectivity index (χ0n) is 12.7. The summed E-state index contributed by atoms with van der Waals surface area (Å²) in [5, 5.41) is 12.7. The molecule has 1 aliphatic rings. The van der Waals surface area contributed by atoms with E-state index in [1.54, 1.807) is 16.0 Å². The zero-order chi connectivity index (χ0) is 14.8. The predicted octanol–water partition coefficient (Wildman–Crippen LogP) is 1.83. The maximum absolute atomic E-state index is 12.5. The summed E-state index contributed by atoms with van der Waals surface area (Å²) in [5.41, 5.74) is 2.38. The Balaban J connectivity index is 0.00000176. The number of nitrogens with one attached hydrogen (secondary N) is 2. The van der Waals surface area contributed by atoms with E-state index < -0.39 is 0 Å². The van der Waals surface area contributed by atoms with E-state index in [9.17, 15) is 4.79 Å². The van der Waals surface area contributed by atoms with Crippen molar-refractivity contribution in [1.29, 1.82) is 0 Å². The highest BCUT2D eigenvalue weighted by molar-refractivity contribution is 7.10. The Labute approximate surface area is 140 Å². The molecule has 1 aliphatic heterocycles. The van der Waals surface area contributed by atoms with Gasteiger partial charge >= 0.3 is 0 Å². The molecular formula is C15H21ClN4OS. The highest BCUT2D eigenvalue weighted by atomic mass is 35.5. The molecule has 0 bridgehead atoms. The van der Waals surface area contributed by atoms with E-state index >= 15 is 0 Å². The van der Waals surface area contributed by atoms with Crippen molar-refractivity contribution in [3.63, 3.8) is 0 Å². The number of amides is 1. The summed E-state index contributed by atoms with van der Waals surface area (Å²) in [6.45, 7) is 4.27. The molecule has 5 nitrogen and oxygen atoms in total. The highest BCUT2D eigenvalue weighted by Crippen LogP contribution is 2.28. The molecule has 22 heavy (non-hydrogen) atoms. The van der Waals surface area contributed by atoms with E-state index in [0.717, 1.165) is 18.7 Å². The Bertz CT molecular complexity index is 639. The first-order valence-electron chi connectivity index (χ1n) is 7.15. The van der Waals surface area contributed by atoms with Gasteiger partial charge in [0.05, 0.1) is 18.7 Å². The largest absolute Gasteiger partial charge is 0.351 e. The number of thiophene rings is 1. The van der Waals surface area contributed by atoms with Gasteiger partial charge in [-0.15, -0.1) is 23.7 Å². The van der Waals surface area contributed by atoms with E-state index in [-0.39, 0.29) is 30.2 Å². The van der Waals surface area contributed by atoms with Crippen LogP contribution in [0.5, 0.6) is 0 Å². The standard InChI is InChI=1S/C15H20N4OS.ClH/c1-10-3-4-21-14(10)8-17-15(20)13-7-16-6-12(13)11-5-18-19(2)9-11;/h3-5,9,12-13,16H,6-8H2,1-2H3,(H,17,20);1H/t12-,13+;/m1./s1. The van der Waals surface area contributed by atoms with Crippen LogP contribution >= 0.6 is 23.7 Å². The second-order valence-electron chi connectivity index (χ2n) is 5.56. The van der Waals surface area contributed by atoms with Crippen LogP contribution in [-0.4, -0.2) is 28.8 Å². The van der Waals surface area contributed by atoms with Gasteiger partial charge in [-0.2, -0.15) is 5.10 Å². The summed E-state index contributed by atoms with van der Waals surface area (Å²) in [4.78, 5) is 13.7. The summed E-state index contributed by atoms with van der Waals surface area (Å²) >= 11 is 1.69. The van der Waals surface area contributed by atoms with Crippen molar-refractivity contribution < 1.29 is 4.79 Å². The van der Waals surface area contributed by atoms with Crippen molar-refractivity contribution >= 4 is 29.7 Å². The monoisotopic (exact) mass is 340 g/mol. The molecule has 0 saturated carbocycles. The topological polar surface area (TPSA) is 59.0 Å². The van der Waals surface area contributed by atoms with Crippen LogP contribution in [0.15, 0.2) is 23.8 Å². The summed E-state index contributed by atoms with van der Waals surface area (Å²) in [6, 6.07) is 2.09. The number of halogens is 1. The lowest BCUT2D eigenvalue weighted by atomic mass is 9.90. The van der Waals surface area contributed by atoms with Crippen LogP contribution in [0.25, 0.3) is 0 Å². The molecular weight excluding hydrogens is 320 g/mol. The number of hydrogen-bond acceptors (Lipinski definition) is 4. The second kappa shape index (κ2) is 7.26. The number of aromatic nitrogens is 2. The third-order valence-corrected chi connectivity index (χ3v) is 5.12.